The zero-order valence-electron chi connectivity index (χ0n) is 14.0. The summed E-state index contributed by atoms with van der Waals surface area (Å²) in [6.07, 6.45) is 1.79. The minimum Gasteiger partial charge on any atom is -0.469 e. The Labute approximate surface area is 131 Å². The highest BCUT2D eigenvalue weighted by molar-refractivity contribution is 5.79. The summed E-state index contributed by atoms with van der Waals surface area (Å²) in [5.41, 5.74) is 1.49. The molecule has 1 aromatic heterocycles. The van der Waals surface area contributed by atoms with Crippen LogP contribution in [0.25, 0.3) is 11.0 Å². The molecule has 2 aromatic rings. The molecular formula is C18H24N2O2. The molecule has 1 heterocycles. The number of hydrogen-bond acceptors (Lipinski definition) is 3. The lowest BCUT2D eigenvalue weighted by Crippen LogP contribution is -2.41. The molecule has 1 aromatic carbocycles. The fourth-order valence-corrected chi connectivity index (χ4v) is 4.02. The maximum Gasteiger partial charge on any atom is 0.312 e. The number of carbonyl (C=O) groups is 1. The minimum absolute atomic E-state index is 0.112. The fourth-order valence-electron chi connectivity index (χ4n) is 4.02. The van der Waals surface area contributed by atoms with Gasteiger partial charge in [-0.05, 0) is 37.3 Å². The van der Waals surface area contributed by atoms with E-state index in [4.69, 9.17) is 9.72 Å². The lowest BCUT2D eigenvalue weighted by atomic mass is 9.65. The molecule has 1 aliphatic rings. The summed E-state index contributed by atoms with van der Waals surface area (Å²) in [4.78, 5) is 17.2. The number of para-hydroxylation sites is 2. The molecule has 0 aliphatic heterocycles. The Hall–Kier alpha value is -1.84. The third-order valence-electron chi connectivity index (χ3n) is 6.00. The van der Waals surface area contributed by atoms with Crippen molar-refractivity contribution in [2.24, 2.45) is 17.9 Å². The molecule has 0 bridgehead atoms. The zero-order valence-corrected chi connectivity index (χ0v) is 14.0. The maximum absolute atomic E-state index is 12.3. The number of nitrogens with zero attached hydrogens (tertiary/aromatic N) is 2. The van der Waals surface area contributed by atoms with Gasteiger partial charge in [0.2, 0.25) is 0 Å². The number of aromatic nitrogens is 2. The van der Waals surface area contributed by atoms with Crippen LogP contribution in [0.2, 0.25) is 0 Å². The van der Waals surface area contributed by atoms with Gasteiger partial charge in [-0.1, -0.05) is 26.0 Å². The van der Waals surface area contributed by atoms with Crippen LogP contribution in [0.4, 0.5) is 0 Å². The standard InChI is InChI=1S/C18H24N2O2/c1-17(2)12(10-11-18(17,3)16(21)22-5)15-19-13-8-6-7-9-14(13)20(15)4/h6-9,12H,10-11H2,1-5H3/t12-,18+/m1/s1. The summed E-state index contributed by atoms with van der Waals surface area (Å²) in [6, 6.07) is 8.18. The number of hydrogen-bond donors (Lipinski definition) is 0. The van der Waals surface area contributed by atoms with Gasteiger partial charge in [0.1, 0.15) is 5.82 Å². The number of rotatable bonds is 2. The molecule has 0 radical (unpaired) electrons. The number of ether oxygens (including phenoxy) is 1. The van der Waals surface area contributed by atoms with Crippen molar-refractivity contribution in [1.29, 1.82) is 0 Å². The zero-order chi connectivity index (χ0) is 16.1. The Morgan fingerprint density at radius 1 is 1.32 bits per heavy atom. The number of imidazole rings is 1. The molecule has 0 spiro atoms. The van der Waals surface area contributed by atoms with Gasteiger partial charge in [-0.15, -0.1) is 0 Å². The third kappa shape index (κ3) is 1.82. The molecule has 2 atom stereocenters. The molecular weight excluding hydrogens is 276 g/mol. The number of methoxy groups -OCH3 is 1. The first-order valence-corrected chi connectivity index (χ1v) is 7.82. The smallest absolute Gasteiger partial charge is 0.312 e. The van der Waals surface area contributed by atoms with Crippen molar-refractivity contribution in [1.82, 2.24) is 9.55 Å². The topological polar surface area (TPSA) is 44.1 Å². The van der Waals surface area contributed by atoms with Crippen molar-refractivity contribution in [2.75, 3.05) is 7.11 Å². The lowest BCUT2D eigenvalue weighted by molar-refractivity contribution is -0.157. The van der Waals surface area contributed by atoms with Crippen molar-refractivity contribution < 1.29 is 9.53 Å². The Bertz CT molecular complexity index is 732. The van der Waals surface area contributed by atoms with Crippen LogP contribution in [0.5, 0.6) is 0 Å². The van der Waals surface area contributed by atoms with Crippen LogP contribution in [0.1, 0.15) is 45.4 Å². The predicted octanol–water partition coefficient (Wildman–Crippen LogP) is 3.66. The first-order valence-electron chi connectivity index (χ1n) is 7.82. The number of esters is 1. The first kappa shape index (κ1) is 15.1. The van der Waals surface area contributed by atoms with Crippen LogP contribution >= 0.6 is 0 Å². The molecule has 1 fully saturated rings. The molecule has 22 heavy (non-hydrogen) atoms. The summed E-state index contributed by atoms with van der Waals surface area (Å²) in [7, 11) is 3.54. The van der Waals surface area contributed by atoms with Crippen LogP contribution in [-0.2, 0) is 16.6 Å². The van der Waals surface area contributed by atoms with Crippen LogP contribution in [0.3, 0.4) is 0 Å². The number of carbonyl (C=O) groups excluding carboxylic acids is 1. The molecule has 118 valence electrons. The summed E-state index contributed by atoms with van der Waals surface area (Å²) in [5.74, 6) is 1.20. The van der Waals surface area contributed by atoms with Gasteiger partial charge in [-0.3, -0.25) is 4.79 Å². The largest absolute Gasteiger partial charge is 0.469 e. The van der Waals surface area contributed by atoms with Gasteiger partial charge < -0.3 is 9.30 Å². The van der Waals surface area contributed by atoms with Crippen LogP contribution in [-0.4, -0.2) is 22.6 Å². The predicted molar refractivity (Wildman–Crippen MR) is 86.6 cm³/mol. The van der Waals surface area contributed by atoms with E-state index in [1.165, 1.54) is 7.11 Å². The van der Waals surface area contributed by atoms with E-state index >= 15 is 0 Å². The van der Waals surface area contributed by atoms with Crippen molar-refractivity contribution in [3.63, 3.8) is 0 Å². The van der Waals surface area contributed by atoms with Gasteiger partial charge in [-0.2, -0.15) is 0 Å². The van der Waals surface area contributed by atoms with E-state index < -0.39 is 5.41 Å². The number of benzene rings is 1. The second-order valence-corrected chi connectivity index (χ2v) is 7.15. The SMILES string of the molecule is COC(=O)[C@]1(C)CC[C@H](c2nc3ccccc3n2C)C1(C)C. The highest BCUT2D eigenvalue weighted by Gasteiger charge is 2.58. The monoisotopic (exact) mass is 300 g/mol. The molecule has 0 unspecified atom stereocenters. The first-order chi connectivity index (χ1) is 10.3. The van der Waals surface area contributed by atoms with E-state index in [9.17, 15) is 4.79 Å². The summed E-state index contributed by atoms with van der Waals surface area (Å²) in [5, 5.41) is 0. The van der Waals surface area contributed by atoms with Crippen LogP contribution in [0, 0.1) is 10.8 Å². The molecule has 0 amide bonds. The molecule has 0 saturated heterocycles. The Morgan fingerprint density at radius 2 is 2.00 bits per heavy atom. The maximum atomic E-state index is 12.3. The summed E-state index contributed by atoms with van der Waals surface area (Å²) >= 11 is 0. The molecule has 4 heteroatoms. The van der Waals surface area contributed by atoms with Gasteiger partial charge in [0.15, 0.2) is 0 Å². The van der Waals surface area contributed by atoms with E-state index in [-0.39, 0.29) is 17.3 Å². The summed E-state index contributed by atoms with van der Waals surface area (Å²) in [6.45, 7) is 6.36. The van der Waals surface area contributed by atoms with Crippen LogP contribution in [0.15, 0.2) is 24.3 Å². The van der Waals surface area contributed by atoms with Gasteiger partial charge in [-0.25, -0.2) is 4.98 Å². The molecule has 3 rings (SSSR count). The fraction of sp³-hybridized carbons (Fsp3) is 0.556. The lowest BCUT2D eigenvalue weighted by Gasteiger charge is -2.39. The van der Waals surface area contributed by atoms with Crippen molar-refractivity contribution in [3.05, 3.63) is 30.1 Å². The normalized spacial score (nSPS) is 27.2. The highest BCUT2D eigenvalue weighted by Crippen LogP contribution is 2.60. The second kappa shape index (κ2) is 4.83. The van der Waals surface area contributed by atoms with E-state index in [0.717, 1.165) is 29.7 Å². The van der Waals surface area contributed by atoms with Crippen molar-refractivity contribution in [3.8, 4) is 0 Å². The molecule has 0 N–H and O–H groups in total. The van der Waals surface area contributed by atoms with E-state index in [1.807, 2.05) is 25.1 Å². The molecule has 1 aliphatic carbocycles. The molecule has 1 saturated carbocycles. The summed E-state index contributed by atoms with van der Waals surface area (Å²) < 4.78 is 7.25. The van der Waals surface area contributed by atoms with Crippen molar-refractivity contribution >= 4 is 17.0 Å². The Morgan fingerprint density at radius 3 is 2.64 bits per heavy atom. The average Bonchev–Trinajstić information content (AvgIpc) is 2.95. The van der Waals surface area contributed by atoms with Gasteiger partial charge in [0.05, 0.1) is 23.6 Å². The Kier molecular flexibility index (Phi) is 3.31. The number of aryl methyl sites for hydroxylation is 1. The van der Waals surface area contributed by atoms with Gasteiger partial charge >= 0.3 is 5.97 Å². The minimum atomic E-state index is -0.468. The third-order valence-corrected chi connectivity index (χ3v) is 6.00. The van der Waals surface area contributed by atoms with Crippen molar-refractivity contribution in [2.45, 2.75) is 39.5 Å². The quantitative estimate of drug-likeness (QED) is 0.795. The van der Waals surface area contributed by atoms with Gasteiger partial charge in [0, 0.05) is 13.0 Å². The van der Waals surface area contributed by atoms with Gasteiger partial charge in [0.25, 0.3) is 0 Å². The second-order valence-electron chi connectivity index (χ2n) is 7.15. The highest BCUT2D eigenvalue weighted by atomic mass is 16.5. The average molecular weight is 300 g/mol. The van der Waals surface area contributed by atoms with E-state index in [0.29, 0.717) is 0 Å². The van der Waals surface area contributed by atoms with E-state index in [1.54, 1.807) is 0 Å². The van der Waals surface area contributed by atoms with E-state index in [2.05, 4.69) is 31.5 Å². The number of fused-ring (bicyclic) bond motifs is 1. The molecule has 4 nitrogen and oxygen atoms in total. The van der Waals surface area contributed by atoms with Crippen LogP contribution < -0.4 is 0 Å². The Balaban J connectivity index is 2.09.